The number of rotatable bonds is 6. The van der Waals surface area contributed by atoms with E-state index >= 15 is 0 Å². The summed E-state index contributed by atoms with van der Waals surface area (Å²) in [4.78, 5) is 13.5. The Morgan fingerprint density at radius 1 is 1.35 bits per heavy atom. The number of esters is 1. The van der Waals surface area contributed by atoms with E-state index in [-0.39, 0.29) is 5.56 Å². The number of carbonyl (C=O) groups is 1. The molecule has 0 aromatic heterocycles. The van der Waals surface area contributed by atoms with Gasteiger partial charge in [0, 0.05) is 12.6 Å². The van der Waals surface area contributed by atoms with Crippen LogP contribution in [-0.2, 0) is 11.3 Å². The van der Waals surface area contributed by atoms with E-state index < -0.39 is 11.8 Å². The zero-order chi connectivity index (χ0) is 15.3. The van der Waals surface area contributed by atoms with E-state index in [4.69, 9.17) is 0 Å². The second kappa shape index (κ2) is 7.39. The van der Waals surface area contributed by atoms with Crippen molar-refractivity contribution in [1.29, 1.82) is 0 Å². The molecule has 1 unspecified atom stereocenters. The summed E-state index contributed by atoms with van der Waals surface area (Å²) < 4.78 is 18.4. The Morgan fingerprint density at radius 2 is 2.00 bits per heavy atom. The first-order valence-corrected chi connectivity index (χ1v) is 6.92. The van der Waals surface area contributed by atoms with E-state index in [1.54, 1.807) is 6.07 Å². The van der Waals surface area contributed by atoms with Crippen LogP contribution < -0.4 is 0 Å². The molecular formula is C16H24FNO2. The zero-order valence-corrected chi connectivity index (χ0v) is 12.9. The molecule has 0 bridgehead atoms. The number of carbonyl (C=O) groups excluding carboxylic acids is 1. The summed E-state index contributed by atoms with van der Waals surface area (Å²) in [7, 11) is 3.27. The normalized spacial score (nSPS) is 12.8. The van der Waals surface area contributed by atoms with Crippen molar-refractivity contribution < 1.29 is 13.9 Å². The molecule has 0 aliphatic rings. The van der Waals surface area contributed by atoms with Gasteiger partial charge in [-0.3, -0.25) is 4.90 Å². The van der Waals surface area contributed by atoms with Gasteiger partial charge in [-0.2, -0.15) is 0 Å². The smallest absolute Gasteiger partial charge is 0.340 e. The molecule has 4 heteroatoms. The van der Waals surface area contributed by atoms with Crippen molar-refractivity contribution in [2.45, 2.75) is 39.8 Å². The summed E-state index contributed by atoms with van der Waals surface area (Å²) in [5.74, 6) is -0.541. The highest BCUT2D eigenvalue weighted by atomic mass is 19.1. The molecule has 0 N–H and O–H groups in total. The first-order chi connectivity index (χ1) is 9.35. The monoisotopic (exact) mass is 281 g/mol. The van der Waals surface area contributed by atoms with Gasteiger partial charge in [-0.25, -0.2) is 9.18 Å². The molecule has 0 amide bonds. The predicted octanol–water partition coefficient (Wildman–Crippen LogP) is 3.48. The van der Waals surface area contributed by atoms with Gasteiger partial charge in [0.05, 0.1) is 12.7 Å². The second-order valence-corrected chi connectivity index (χ2v) is 5.70. The maximum Gasteiger partial charge on any atom is 0.340 e. The van der Waals surface area contributed by atoms with Crippen molar-refractivity contribution in [2.24, 2.45) is 5.92 Å². The van der Waals surface area contributed by atoms with Crippen LogP contribution in [-0.4, -0.2) is 31.1 Å². The first-order valence-electron chi connectivity index (χ1n) is 6.92. The van der Waals surface area contributed by atoms with Crippen LogP contribution in [0, 0.1) is 11.7 Å². The van der Waals surface area contributed by atoms with Crippen LogP contribution in [0.2, 0.25) is 0 Å². The lowest BCUT2D eigenvalue weighted by atomic mass is 10.0. The Hall–Kier alpha value is -1.42. The van der Waals surface area contributed by atoms with Crippen LogP contribution >= 0.6 is 0 Å². The van der Waals surface area contributed by atoms with Crippen LogP contribution in [0.5, 0.6) is 0 Å². The van der Waals surface area contributed by atoms with Gasteiger partial charge >= 0.3 is 5.97 Å². The highest BCUT2D eigenvalue weighted by Crippen LogP contribution is 2.16. The van der Waals surface area contributed by atoms with Crippen molar-refractivity contribution in [3.63, 3.8) is 0 Å². The van der Waals surface area contributed by atoms with Gasteiger partial charge in [0.15, 0.2) is 0 Å². The van der Waals surface area contributed by atoms with Gasteiger partial charge in [0.25, 0.3) is 0 Å². The van der Waals surface area contributed by atoms with Crippen LogP contribution in [0.15, 0.2) is 18.2 Å². The average Bonchev–Trinajstić information content (AvgIpc) is 2.37. The van der Waals surface area contributed by atoms with Crippen molar-refractivity contribution in [3.8, 4) is 0 Å². The Labute approximate surface area is 120 Å². The molecule has 20 heavy (non-hydrogen) atoms. The van der Waals surface area contributed by atoms with Crippen LogP contribution in [0.1, 0.15) is 43.1 Å². The molecule has 0 heterocycles. The summed E-state index contributed by atoms with van der Waals surface area (Å²) >= 11 is 0. The lowest BCUT2D eigenvalue weighted by Crippen LogP contribution is -2.29. The molecule has 1 rings (SSSR count). The average molecular weight is 281 g/mol. The summed E-state index contributed by atoms with van der Waals surface area (Å²) in [5.41, 5.74) is 0.836. The quantitative estimate of drug-likeness (QED) is 0.748. The van der Waals surface area contributed by atoms with Gasteiger partial charge in [-0.15, -0.1) is 0 Å². The summed E-state index contributed by atoms with van der Waals surface area (Å²) in [5, 5.41) is 0. The highest BCUT2D eigenvalue weighted by molar-refractivity contribution is 5.89. The molecule has 1 atom stereocenters. The number of hydrogen-bond donors (Lipinski definition) is 0. The topological polar surface area (TPSA) is 29.5 Å². The fourth-order valence-corrected chi connectivity index (χ4v) is 2.24. The third kappa shape index (κ3) is 4.60. The van der Waals surface area contributed by atoms with Crippen LogP contribution in [0.25, 0.3) is 0 Å². The fourth-order valence-electron chi connectivity index (χ4n) is 2.24. The van der Waals surface area contributed by atoms with E-state index in [2.05, 4.69) is 30.4 Å². The van der Waals surface area contributed by atoms with Gasteiger partial charge in [-0.1, -0.05) is 19.9 Å². The summed E-state index contributed by atoms with van der Waals surface area (Å²) in [6.45, 7) is 7.20. The number of hydrogen-bond acceptors (Lipinski definition) is 3. The van der Waals surface area contributed by atoms with Crippen molar-refractivity contribution in [1.82, 2.24) is 4.90 Å². The van der Waals surface area contributed by atoms with Gasteiger partial charge in [-0.05, 0) is 44.0 Å². The van der Waals surface area contributed by atoms with E-state index in [9.17, 15) is 9.18 Å². The maximum atomic E-state index is 13.8. The predicted molar refractivity (Wildman–Crippen MR) is 78.1 cm³/mol. The number of nitrogens with zero attached hydrogens (tertiary/aromatic N) is 1. The third-order valence-electron chi connectivity index (χ3n) is 3.44. The first kappa shape index (κ1) is 16.6. The van der Waals surface area contributed by atoms with E-state index in [1.165, 1.54) is 19.2 Å². The maximum absolute atomic E-state index is 13.8. The zero-order valence-electron chi connectivity index (χ0n) is 12.9. The Kier molecular flexibility index (Phi) is 6.14. The molecule has 3 nitrogen and oxygen atoms in total. The molecule has 0 spiro atoms. The summed E-state index contributed by atoms with van der Waals surface area (Å²) in [6.07, 6.45) is 1.10. The van der Waals surface area contributed by atoms with Crippen LogP contribution in [0.4, 0.5) is 4.39 Å². The minimum Gasteiger partial charge on any atom is -0.465 e. The second-order valence-electron chi connectivity index (χ2n) is 5.70. The number of benzene rings is 1. The molecule has 0 aliphatic heterocycles. The van der Waals surface area contributed by atoms with Crippen molar-refractivity contribution in [3.05, 3.63) is 35.1 Å². The van der Waals surface area contributed by atoms with Gasteiger partial charge in [0.2, 0.25) is 0 Å². The fraction of sp³-hybridized carbons (Fsp3) is 0.562. The Balaban J connectivity index is 2.74. The van der Waals surface area contributed by atoms with Crippen LogP contribution in [0.3, 0.4) is 0 Å². The molecule has 0 radical (unpaired) electrons. The standard InChI is InChI=1S/C16H24FNO2/c1-11(2)8-12(3)18(4)10-13-6-7-14(15(17)9-13)16(19)20-5/h6-7,9,11-12H,8,10H2,1-5H3. The lowest BCUT2D eigenvalue weighted by Gasteiger charge is -2.26. The van der Waals surface area contributed by atoms with Gasteiger partial charge < -0.3 is 4.74 Å². The SMILES string of the molecule is COC(=O)c1ccc(CN(C)C(C)CC(C)C)cc1F. The highest BCUT2D eigenvalue weighted by Gasteiger charge is 2.15. The van der Waals surface area contributed by atoms with Gasteiger partial charge in [0.1, 0.15) is 5.82 Å². The summed E-state index contributed by atoms with van der Waals surface area (Å²) in [6, 6.07) is 5.09. The van der Waals surface area contributed by atoms with E-state index in [0.29, 0.717) is 18.5 Å². The molecular weight excluding hydrogens is 257 g/mol. The molecule has 0 fully saturated rings. The minimum absolute atomic E-state index is 0.0193. The molecule has 1 aromatic carbocycles. The van der Waals surface area contributed by atoms with E-state index in [0.717, 1.165) is 12.0 Å². The lowest BCUT2D eigenvalue weighted by molar-refractivity contribution is 0.0595. The molecule has 1 aromatic rings. The van der Waals surface area contributed by atoms with Crippen molar-refractivity contribution in [2.75, 3.05) is 14.2 Å². The number of methoxy groups -OCH3 is 1. The van der Waals surface area contributed by atoms with E-state index in [1.807, 2.05) is 7.05 Å². The molecule has 0 saturated carbocycles. The molecule has 0 saturated heterocycles. The third-order valence-corrected chi connectivity index (χ3v) is 3.44. The van der Waals surface area contributed by atoms with Crippen molar-refractivity contribution >= 4 is 5.97 Å². The Morgan fingerprint density at radius 3 is 2.50 bits per heavy atom. The Bertz CT molecular complexity index is 460. The molecule has 112 valence electrons. The largest absolute Gasteiger partial charge is 0.465 e. The minimum atomic E-state index is -0.643. The number of ether oxygens (including phenoxy) is 1. The molecule has 0 aliphatic carbocycles. The number of halogens is 1.